The van der Waals surface area contributed by atoms with Crippen molar-refractivity contribution in [3.05, 3.63) is 42.0 Å². The molecule has 0 aromatic heterocycles. The minimum absolute atomic E-state index is 0.135. The van der Waals surface area contributed by atoms with Gasteiger partial charge in [0.15, 0.2) is 0 Å². The van der Waals surface area contributed by atoms with E-state index in [1.165, 1.54) is 36.8 Å². The van der Waals surface area contributed by atoms with E-state index in [1.807, 2.05) is 12.1 Å². The lowest BCUT2D eigenvalue weighted by molar-refractivity contribution is 0.655. The SMILES string of the molecule is CN(c1ccc(C(=N)N)c2ccccc12)C1CCCC1. The molecular weight excluding hydrogens is 246 g/mol. The van der Waals surface area contributed by atoms with Gasteiger partial charge >= 0.3 is 0 Å². The average Bonchev–Trinajstić information content (AvgIpc) is 2.99. The Labute approximate surface area is 119 Å². The second kappa shape index (κ2) is 5.16. The molecule has 2 aromatic rings. The number of amidine groups is 1. The smallest absolute Gasteiger partial charge is 0.123 e. The Hall–Kier alpha value is -2.03. The van der Waals surface area contributed by atoms with Gasteiger partial charge in [0.25, 0.3) is 0 Å². The van der Waals surface area contributed by atoms with Crippen molar-refractivity contribution in [3.63, 3.8) is 0 Å². The van der Waals surface area contributed by atoms with Crippen molar-refractivity contribution in [2.24, 2.45) is 5.73 Å². The summed E-state index contributed by atoms with van der Waals surface area (Å²) in [5, 5.41) is 9.99. The van der Waals surface area contributed by atoms with Crippen LogP contribution in [0.5, 0.6) is 0 Å². The molecule has 0 unspecified atom stereocenters. The lowest BCUT2D eigenvalue weighted by Gasteiger charge is -2.28. The Morgan fingerprint density at radius 1 is 1.10 bits per heavy atom. The summed E-state index contributed by atoms with van der Waals surface area (Å²) in [7, 11) is 2.19. The minimum atomic E-state index is 0.135. The molecule has 3 N–H and O–H groups in total. The molecule has 104 valence electrons. The zero-order valence-electron chi connectivity index (χ0n) is 11.9. The highest BCUT2D eigenvalue weighted by Crippen LogP contribution is 2.33. The van der Waals surface area contributed by atoms with Crippen molar-refractivity contribution in [2.45, 2.75) is 31.7 Å². The van der Waals surface area contributed by atoms with Gasteiger partial charge in [0.1, 0.15) is 5.84 Å². The van der Waals surface area contributed by atoms with Crippen LogP contribution in [0.3, 0.4) is 0 Å². The van der Waals surface area contributed by atoms with Gasteiger partial charge < -0.3 is 10.6 Å². The van der Waals surface area contributed by atoms with Crippen LogP contribution in [-0.2, 0) is 0 Å². The molecule has 1 fully saturated rings. The summed E-state index contributed by atoms with van der Waals surface area (Å²) in [4.78, 5) is 2.40. The van der Waals surface area contributed by atoms with Gasteiger partial charge in [-0.2, -0.15) is 0 Å². The first kappa shape index (κ1) is 13.0. The molecule has 3 heteroatoms. The van der Waals surface area contributed by atoms with Crippen LogP contribution in [-0.4, -0.2) is 18.9 Å². The monoisotopic (exact) mass is 267 g/mol. The third-order valence-corrected chi connectivity index (χ3v) is 4.44. The van der Waals surface area contributed by atoms with Crippen molar-refractivity contribution in [1.82, 2.24) is 0 Å². The number of fused-ring (bicyclic) bond motifs is 1. The predicted molar refractivity (Wildman–Crippen MR) is 85.6 cm³/mol. The number of nitrogens with one attached hydrogen (secondary N) is 1. The Morgan fingerprint density at radius 3 is 2.40 bits per heavy atom. The predicted octanol–water partition coefficient (Wildman–Crippen LogP) is 3.50. The van der Waals surface area contributed by atoms with Crippen LogP contribution in [0, 0.1) is 5.41 Å². The fourth-order valence-corrected chi connectivity index (χ4v) is 3.31. The summed E-state index contributed by atoms with van der Waals surface area (Å²) < 4.78 is 0. The highest BCUT2D eigenvalue weighted by molar-refractivity contribution is 6.10. The summed E-state index contributed by atoms with van der Waals surface area (Å²) in [5.74, 6) is 0.135. The summed E-state index contributed by atoms with van der Waals surface area (Å²) in [6.07, 6.45) is 5.22. The summed E-state index contributed by atoms with van der Waals surface area (Å²) in [6.45, 7) is 0. The van der Waals surface area contributed by atoms with Crippen molar-refractivity contribution in [1.29, 1.82) is 5.41 Å². The van der Waals surface area contributed by atoms with Gasteiger partial charge in [0.05, 0.1) is 0 Å². The third kappa shape index (κ3) is 2.13. The molecular formula is C17H21N3. The molecule has 0 amide bonds. The zero-order chi connectivity index (χ0) is 14.1. The maximum atomic E-state index is 7.73. The van der Waals surface area contributed by atoms with E-state index in [0.29, 0.717) is 6.04 Å². The van der Waals surface area contributed by atoms with Crippen LogP contribution in [0.15, 0.2) is 36.4 Å². The molecule has 0 spiro atoms. The fraction of sp³-hybridized carbons (Fsp3) is 0.353. The van der Waals surface area contributed by atoms with E-state index < -0.39 is 0 Å². The quantitative estimate of drug-likeness (QED) is 0.660. The summed E-state index contributed by atoms with van der Waals surface area (Å²) in [6, 6.07) is 13.0. The third-order valence-electron chi connectivity index (χ3n) is 4.44. The van der Waals surface area contributed by atoms with Crippen LogP contribution in [0.1, 0.15) is 31.2 Å². The lowest BCUT2D eigenvalue weighted by atomic mass is 10.0. The molecule has 1 aliphatic rings. The molecule has 2 aromatic carbocycles. The normalized spacial score (nSPS) is 15.7. The number of nitrogen functional groups attached to an aromatic ring is 1. The van der Waals surface area contributed by atoms with E-state index in [9.17, 15) is 0 Å². The molecule has 0 atom stereocenters. The molecule has 0 aliphatic heterocycles. The molecule has 0 saturated heterocycles. The van der Waals surface area contributed by atoms with Crippen LogP contribution in [0.2, 0.25) is 0 Å². The molecule has 0 radical (unpaired) electrons. The number of benzene rings is 2. The molecule has 1 saturated carbocycles. The van der Waals surface area contributed by atoms with E-state index in [4.69, 9.17) is 11.1 Å². The molecule has 1 aliphatic carbocycles. The fourth-order valence-electron chi connectivity index (χ4n) is 3.31. The topological polar surface area (TPSA) is 53.1 Å². The van der Waals surface area contributed by atoms with Gasteiger partial charge in [0.2, 0.25) is 0 Å². The van der Waals surface area contributed by atoms with Gasteiger partial charge in [-0.1, -0.05) is 37.1 Å². The summed E-state index contributed by atoms with van der Waals surface area (Å²) in [5.41, 5.74) is 7.77. The van der Waals surface area contributed by atoms with Crippen molar-refractivity contribution >= 4 is 22.3 Å². The molecule has 3 rings (SSSR count). The second-order valence-corrected chi connectivity index (χ2v) is 5.64. The highest BCUT2D eigenvalue weighted by atomic mass is 15.1. The van der Waals surface area contributed by atoms with E-state index in [1.54, 1.807) is 0 Å². The number of anilines is 1. The first-order chi connectivity index (χ1) is 9.68. The Morgan fingerprint density at radius 2 is 1.75 bits per heavy atom. The molecule has 20 heavy (non-hydrogen) atoms. The second-order valence-electron chi connectivity index (χ2n) is 5.64. The van der Waals surface area contributed by atoms with Crippen molar-refractivity contribution < 1.29 is 0 Å². The Kier molecular flexibility index (Phi) is 3.35. The van der Waals surface area contributed by atoms with E-state index in [0.717, 1.165) is 10.9 Å². The highest BCUT2D eigenvalue weighted by Gasteiger charge is 2.21. The number of rotatable bonds is 3. The summed E-state index contributed by atoms with van der Waals surface area (Å²) >= 11 is 0. The largest absolute Gasteiger partial charge is 0.384 e. The number of hydrogen-bond donors (Lipinski definition) is 2. The first-order valence-electron chi connectivity index (χ1n) is 7.27. The Bertz CT molecular complexity index is 642. The maximum absolute atomic E-state index is 7.73. The lowest BCUT2D eigenvalue weighted by Crippen LogP contribution is -2.29. The number of nitrogens with two attached hydrogens (primary N) is 1. The van der Waals surface area contributed by atoms with Gasteiger partial charge in [-0.15, -0.1) is 0 Å². The number of hydrogen-bond acceptors (Lipinski definition) is 2. The number of nitrogens with zero attached hydrogens (tertiary/aromatic N) is 1. The van der Waals surface area contributed by atoms with E-state index >= 15 is 0 Å². The van der Waals surface area contributed by atoms with Crippen LogP contribution >= 0.6 is 0 Å². The maximum Gasteiger partial charge on any atom is 0.123 e. The van der Waals surface area contributed by atoms with E-state index in [-0.39, 0.29) is 5.84 Å². The van der Waals surface area contributed by atoms with Gasteiger partial charge in [-0.25, -0.2) is 0 Å². The van der Waals surface area contributed by atoms with Crippen molar-refractivity contribution in [3.8, 4) is 0 Å². The van der Waals surface area contributed by atoms with Crippen LogP contribution in [0.4, 0.5) is 5.69 Å². The minimum Gasteiger partial charge on any atom is -0.384 e. The van der Waals surface area contributed by atoms with E-state index in [2.05, 4.69) is 36.2 Å². The first-order valence-corrected chi connectivity index (χ1v) is 7.27. The Balaban J connectivity index is 2.12. The standard InChI is InChI=1S/C17H21N3/c1-20(12-6-2-3-7-12)16-11-10-15(17(18)19)13-8-4-5-9-14(13)16/h4-5,8-12H,2-3,6-7H2,1H3,(H3,18,19). The van der Waals surface area contributed by atoms with Gasteiger partial charge in [-0.05, 0) is 30.4 Å². The molecule has 0 bridgehead atoms. The zero-order valence-corrected chi connectivity index (χ0v) is 11.9. The van der Waals surface area contributed by atoms with Gasteiger partial charge in [-0.3, -0.25) is 5.41 Å². The van der Waals surface area contributed by atoms with Crippen molar-refractivity contribution in [2.75, 3.05) is 11.9 Å². The van der Waals surface area contributed by atoms with Gasteiger partial charge in [0, 0.05) is 29.7 Å². The van der Waals surface area contributed by atoms with Crippen LogP contribution in [0.25, 0.3) is 10.8 Å². The average molecular weight is 267 g/mol. The van der Waals surface area contributed by atoms with Crippen LogP contribution < -0.4 is 10.6 Å². The molecule has 3 nitrogen and oxygen atoms in total. The molecule has 0 heterocycles.